The van der Waals surface area contributed by atoms with Gasteiger partial charge in [0.05, 0.1) is 16.8 Å². The first-order chi connectivity index (χ1) is 12.2. The summed E-state index contributed by atoms with van der Waals surface area (Å²) in [5.74, 6) is -0.806. The van der Waals surface area contributed by atoms with Crippen molar-refractivity contribution < 1.29 is 21.6 Å². The van der Waals surface area contributed by atoms with Crippen molar-refractivity contribution in [3.63, 3.8) is 0 Å². The van der Waals surface area contributed by atoms with Crippen LogP contribution in [0.15, 0.2) is 53.4 Å². The topological polar surface area (TPSA) is 101 Å². The van der Waals surface area contributed by atoms with Crippen LogP contribution in [0, 0.1) is 0 Å². The van der Waals surface area contributed by atoms with E-state index in [0.29, 0.717) is 12.2 Å². The van der Waals surface area contributed by atoms with Gasteiger partial charge in [-0.15, -0.1) is 0 Å². The first-order valence-corrected chi connectivity index (χ1v) is 11.2. The molecule has 7 nitrogen and oxygen atoms in total. The lowest BCUT2D eigenvalue weighted by molar-refractivity contribution is 0.0981. The van der Waals surface area contributed by atoms with Crippen molar-refractivity contribution in [3.8, 4) is 0 Å². The van der Waals surface area contributed by atoms with Crippen LogP contribution in [-0.2, 0) is 26.5 Å². The summed E-state index contributed by atoms with van der Waals surface area (Å²) in [4.78, 5) is 11.9. The molecule has 1 N–H and O–H groups in total. The van der Waals surface area contributed by atoms with E-state index >= 15 is 0 Å². The number of hydrogen-bond donors (Lipinski definition) is 1. The van der Waals surface area contributed by atoms with Gasteiger partial charge in [-0.25, -0.2) is 21.6 Å². The fraction of sp³-hybridized carbons (Fsp3) is 0.235. The van der Waals surface area contributed by atoms with Crippen molar-refractivity contribution >= 4 is 31.6 Å². The van der Waals surface area contributed by atoms with Gasteiger partial charge in [-0.3, -0.25) is 9.10 Å². The van der Waals surface area contributed by atoms with Crippen LogP contribution >= 0.6 is 0 Å². The smallest absolute Gasteiger partial charge is 0.264 e. The molecule has 3 rings (SSSR count). The Bertz CT molecular complexity index is 1040. The molecule has 0 spiro atoms. The monoisotopic (exact) mass is 394 g/mol. The van der Waals surface area contributed by atoms with Crippen molar-refractivity contribution in [2.24, 2.45) is 0 Å². The number of hydrogen-bond acceptors (Lipinski definition) is 5. The maximum absolute atomic E-state index is 13.0. The number of fused-ring (bicyclic) bond motifs is 1. The van der Waals surface area contributed by atoms with Crippen molar-refractivity contribution in [3.05, 3.63) is 59.7 Å². The van der Waals surface area contributed by atoms with Crippen molar-refractivity contribution in [1.82, 2.24) is 4.72 Å². The second kappa shape index (κ2) is 6.73. The fourth-order valence-electron chi connectivity index (χ4n) is 2.88. The van der Waals surface area contributed by atoms with E-state index in [4.69, 9.17) is 0 Å². The van der Waals surface area contributed by atoms with E-state index in [0.717, 1.165) is 24.7 Å². The lowest BCUT2D eigenvalue weighted by Crippen LogP contribution is -2.35. The summed E-state index contributed by atoms with van der Waals surface area (Å²) >= 11 is 0. The predicted molar refractivity (Wildman–Crippen MR) is 98.0 cm³/mol. The van der Waals surface area contributed by atoms with Crippen molar-refractivity contribution in [2.45, 2.75) is 17.7 Å². The number of para-hydroxylation sites is 1. The average molecular weight is 394 g/mol. The molecule has 0 radical (unpaired) electrons. The Labute approximate surface area is 152 Å². The number of amides is 1. The second-order valence-electron chi connectivity index (χ2n) is 6.04. The van der Waals surface area contributed by atoms with Gasteiger partial charge in [0, 0.05) is 12.1 Å². The highest BCUT2D eigenvalue weighted by Crippen LogP contribution is 2.31. The number of rotatable bonds is 4. The Morgan fingerprint density at radius 3 is 2.31 bits per heavy atom. The van der Waals surface area contributed by atoms with Crippen LogP contribution in [-0.4, -0.2) is 35.5 Å². The van der Waals surface area contributed by atoms with Gasteiger partial charge < -0.3 is 0 Å². The average Bonchev–Trinajstić information content (AvgIpc) is 2.60. The number of carbonyl (C=O) groups excluding carboxylic acids is 1. The summed E-state index contributed by atoms with van der Waals surface area (Å²) in [7, 11) is -7.46. The second-order valence-corrected chi connectivity index (χ2v) is 9.65. The van der Waals surface area contributed by atoms with E-state index in [-0.39, 0.29) is 10.5 Å². The molecule has 0 saturated heterocycles. The van der Waals surface area contributed by atoms with Gasteiger partial charge in [0.1, 0.15) is 0 Å². The van der Waals surface area contributed by atoms with E-state index in [1.165, 1.54) is 28.6 Å². The van der Waals surface area contributed by atoms with Gasteiger partial charge in [-0.2, -0.15) is 0 Å². The number of carbonyl (C=O) groups is 1. The molecule has 2 aromatic carbocycles. The van der Waals surface area contributed by atoms with Crippen LogP contribution in [0.5, 0.6) is 0 Å². The van der Waals surface area contributed by atoms with Gasteiger partial charge in [0.2, 0.25) is 10.0 Å². The molecule has 0 aliphatic carbocycles. The van der Waals surface area contributed by atoms with Crippen LogP contribution in [0.25, 0.3) is 0 Å². The molecule has 0 fully saturated rings. The number of nitrogens with zero attached hydrogens (tertiary/aromatic N) is 1. The highest BCUT2D eigenvalue weighted by molar-refractivity contribution is 7.92. The lowest BCUT2D eigenvalue weighted by atomic mass is 10.0. The normalized spacial score (nSPS) is 14.6. The van der Waals surface area contributed by atoms with Gasteiger partial charge >= 0.3 is 0 Å². The third-order valence-corrected chi connectivity index (χ3v) is 6.43. The minimum atomic E-state index is -3.77. The van der Waals surface area contributed by atoms with Crippen LogP contribution in [0.1, 0.15) is 22.3 Å². The molecule has 0 unspecified atom stereocenters. The van der Waals surface area contributed by atoms with Gasteiger partial charge in [-0.1, -0.05) is 18.2 Å². The Hall–Kier alpha value is -2.39. The van der Waals surface area contributed by atoms with Crippen LogP contribution < -0.4 is 9.03 Å². The SMILES string of the molecule is CS(=O)(=O)NC(=O)c1ccc(S(=O)(=O)N2CCCc3ccccc32)cc1. The molecule has 2 aromatic rings. The minimum Gasteiger partial charge on any atom is -0.268 e. The minimum absolute atomic E-state index is 0.0464. The molecule has 26 heavy (non-hydrogen) atoms. The van der Waals surface area contributed by atoms with E-state index in [9.17, 15) is 21.6 Å². The highest BCUT2D eigenvalue weighted by atomic mass is 32.2. The molecule has 0 bridgehead atoms. The quantitative estimate of drug-likeness (QED) is 0.847. The standard InChI is InChI=1S/C17H18N2O5S2/c1-25(21,22)18-17(20)14-8-10-15(11-9-14)26(23,24)19-12-4-6-13-5-2-3-7-16(13)19/h2-3,5,7-11H,4,6,12H2,1H3,(H,18,20). The van der Waals surface area contributed by atoms with E-state index in [1.54, 1.807) is 12.1 Å². The first kappa shape index (κ1) is 18.4. The zero-order chi connectivity index (χ0) is 18.9. The van der Waals surface area contributed by atoms with Crippen LogP contribution in [0.4, 0.5) is 5.69 Å². The molecule has 138 valence electrons. The molecule has 0 aromatic heterocycles. The van der Waals surface area contributed by atoms with Crippen molar-refractivity contribution in [1.29, 1.82) is 0 Å². The summed E-state index contributed by atoms with van der Waals surface area (Å²) in [6.45, 7) is 0.385. The van der Waals surface area contributed by atoms with Crippen LogP contribution in [0.3, 0.4) is 0 Å². The Kier molecular flexibility index (Phi) is 4.76. The molecule has 0 saturated carbocycles. The molecular weight excluding hydrogens is 376 g/mol. The third kappa shape index (κ3) is 3.73. The third-order valence-electron chi connectivity index (χ3n) is 4.05. The zero-order valence-corrected chi connectivity index (χ0v) is 15.7. The largest absolute Gasteiger partial charge is 0.268 e. The summed E-state index contributed by atoms with van der Waals surface area (Å²) in [5.41, 5.74) is 1.71. The number of benzene rings is 2. The maximum Gasteiger partial charge on any atom is 0.264 e. The molecule has 1 amide bonds. The van der Waals surface area contributed by atoms with Gasteiger partial charge in [0.25, 0.3) is 15.9 Å². The van der Waals surface area contributed by atoms with E-state index in [1.807, 2.05) is 16.9 Å². The van der Waals surface area contributed by atoms with Gasteiger partial charge in [-0.05, 0) is 48.7 Å². The van der Waals surface area contributed by atoms with Crippen molar-refractivity contribution in [2.75, 3.05) is 17.1 Å². The fourth-order valence-corrected chi connectivity index (χ4v) is 4.88. The molecule has 1 aliphatic rings. The number of nitrogens with one attached hydrogen (secondary N) is 1. The molecule has 0 atom stereocenters. The summed E-state index contributed by atoms with van der Waals surface area (Å²) in [6, 6.07) is 12.6. The zero-order valence-electron chi connectivity index (χ0n) is 14.0. The highest BCUT2D eigenvalue weighted by Gasteiger charge is 2.29. The van der Waals surface area contributed by atoms with Gasteiger partial charge in [0.15, 0.2) is 0 Å². The lowest BCUT2D eigenvalue weighted by Gasteiger charge is -2.30. The number of sulfonamides is 2. The maximum atomic E-state index is 13.0. The molecule has 9 heteroatoms. The van der Waals surface area contributed by atoms with Crippen LogP contribution in [0.2, 0.25) is 0 Å². The van der Waals surface area contributed by atoms with E-state index < -0.39 is 26.0 Å². The Morgan fingerprint density at radius 2 is 1.65 bits per heavy atom. The summed E-state index contributed by atoms with van der Waals surface area (Å²) in [6.07, 6.45) is 2.43. The number of anilines is 1. The number of aryl methyl sites for hydroxylation is 1. The molecule has 1 heterocycles. The Morgan fingerprint density at radius 1 is 1.00 bits per heavy atom. The molecular formula is C17H18N2O5S2. The summed E-state index contributed by atoms with van der Waals surface area (Å²) in [5, 5.41) is 0. The first-order valence-electron chi connectivity index (χ1n) is 7.91. The van der Waals surface area contributed by atoms with E-state index in [2.05, 4.69) is 0 Å². The Balaban J connectivity index is 1.91. The predicted octanol–water partition coefficient (Wildman–Crippen LogP) is 1.52. The molecule has 1 aliphatic heterocycles. The summed E-state index contributed by atoms with van der Waals surface area (Å²) < 4.78 is 51.5.